The molecule has 100 valence electrons. The largest absolute Gasteiger partial charge is 0.380 e. The van der Waals surface area contributed by atoms with E-state index in [2.05, 4.69) is 5.32 Å². The van der Waals surface area contributed by atoms with Crippen molar-refractivity contribution in [1.82, 2.24) is 0 Å². The van der Waals surface area contributed by atoms with Crippen LogP contribution in [0.2, 0.25) is 0 Å². The Hall–Kier alpha value is -1.63. The van der Waals surface area contributed by atoms with E-state index in [-0.39, 0.29) is 16.3 Å². The second-order valence-electron chi connectivity index (χ2n) is 3.79. The quantitative estimate of drug-likeness (QED) is 0.633. The van der Waals surface area contributed by atoms with Gasteiger partial charge in [0, 0.05) is 12.6 Å². The van der Waals surface area contributed by atoms with Crippen molar-refractivity contribution in [2.45, 2.75) is 25.2 Å². The molecule has 0 aromatic heterocycles. The number of nitrogens with zero attached hydrogens (tertiary/aromatic N) is 1. The summed E-state index contributed by atoms with van der Waals surface area (Å²) in [6.45, 7) is 4.09. The van der Waals surface area contributed by atoms with Crippen molar-refractivity contribution in [1.29, 1.82) is 0 Å². The van der Waals surface area contributed by atoms with E-state index in [1.807, 2.05) is 6.92 Å². The molecule has 0 bridgehead atoms. The number of sulfone groups is 1. The second kappa shape index (κ2) is 5.81. The summed E-state index contributed by atoms with van der Waals surface area (Å²) in [6.07, 6.45) is 0.477. The van der Waals surface area contributed by atoms with Gasteiger partial charge in [0.2, 0.25) is 0 Å². The van der Waals surface area contributed by atoms with Gasteiger partial charge in [0.1, 0.15) is 5.69 Å². The predicted octanol–water partition coefficient (Wildman–Crippen LogP) is 2.21. The van der Waals surface area contributed by atoms with Crippen LogP contribution >= 0.6 is 0 Å². The van der Waals surface area contributed by atoms with Gasteiger partial charge in [-0.2, -0.15) is 0 Å². The third-order valence-corrected chi connectivity index (χ3v) is 4.28. The minimum absolute atomic E-state index is 0.00213. The highest BCUT2D eigenvalue weighted by Crippen LogP contribution is 2.28. The van der Waals surface area contributed by atoms with Crippen molar-refractivity contribution >= 4 is 21.2 Å². The molecule has 1 rings (SSSR count). The first-order chi connectivity index (χ1) is 8.42. The lowest BCUT2D eigenvalue weighted by atomic mass is 10.2. The molecule has 0 amide bonds. The van der Waals surface area contributed by atoms with Gasteiger partial charge < -0.3 is 5.32 Å². The molecule has 0 unspecified atom stereocenters. The van der Waals surface area contributed by atoms with Gasteiger partial charge in [-0.25, -0.2) is 8.42 Å². The van der Waals surface area contributed by atoms with Gasteiger partial charge in [-0.1, -0.05) is 6.92 Å². The molecule has 1 N–H and O–H groups in total. The van der Waals surface area contributed by atoms with Gasteiger partial charge in [-0.3, -0.25) is 10.1 Å². The van der Waals surface area contributed by atoms with Gasteiger partial charge >= 0.3 is 0 Å². The van der Waals surface area contributed by atoms with Gasteiger partial charge in [0.25, 0.3) is 5.69 Å². The summed E-state index contributed by atoms with van der Waals surface area (Å²) >= 11 is 0. The van der Waals surface area contributed by atoms with Crippen molar-refractivity contribution in [2.24, 2.45) is 0 Å². The summed E-state index contributed by atoms with van der Waals surface area (Å²) in [6, 6.07) is 3.95. The molecule has 18 heavy (non-hydrogen) atoms. The molecular weight excluding hydrogens is 256 g/mol. The highest BCUT2D eigenvalue weighted by molar-refractivity contribution is 7.91. The minimum Gasteiger partial charge on any atom is -0.380 e. The van der Waals surface area contributed by atoms with Crippen LogP contribution in [0.5, 0.6) is 0 Å². The molecular formula is C11H16N2O4S. The van der Waals surface area contributed by atoms with Crippen molar-refractivity contribution in [2.75, 3.05) is 17.6 Å². The van der Waals surface area contributed by atoms with Crippen LogP contribution in [0.4, 0.5) is 11.4 Å². The molecule has 0 aliphatic rings. The Balaban J connectivity index is 3.27. The number of nitro benzene ring substituents is 1. The lowest BCUT2D eigenvalue weighted by Gasteiger charge is -2.07. The SMILES string of the molecule is CCCS(=O)(=O)c1ccc(NCC)c([N+](=O)[O-])c1. The smallest absolute Gasteiger partial charge is 0.293 e. The fraction of sp³-hybridized carbons (Fsp3) is 0.455. The van der Waals surface area contributed by atoms with E-state index in [9.17, 15) is 18.5 Å². The lowest BCUT2D eigenvalue weighted by Crippen LogP contribution is -2.08. The fourth-order valence-electron chi connectivity index (χ4n) is 1.58. The highest BCUT2D eigenvalue weighted by Gasteiger charge is 2.20. The number of hydrogen-bond acceptors (Lipinski definition) is 5. The van der Waals surface area contributed by atoms with Crippen LogP contribution in [-0.4, -0.2) is 25.6 Å². The Morgan fingerprint density at radius 2 is 2.00 bits per heavy atom. The predicted molar refractivity (Wildman–Crippen MR) is 69.6 cm³/mol. The molecule has 0 saturated heterocycles. The van der Waals surface area contributed by atoms with Crippen LogP contribution in [0.1, 0.15) is 20.3 Å². The van der Waals surface area contributed by atoms with Crippen molar-refractivity contribution in [3.63, 3.8) is 0 Å². The number of hydrogen-bond donors (Lipinski definition) is 1. The minimum atomic E-state index is -3.43. The van der Waals surface area contributed by atoms with E-state index in [0.29, 0.717) is 18.7 Å². The normalized spacial score (nSPS) is 11.2. The molecule has 0 aliphatic heterocycles. The number of nitro groups is 1. The molecule has 0 atom stereocenters. The summed E-state index contributed by atoms with van der Waals surface area (Å²) in [5, 5.41) is 13.7. The first-order valence-corrected chi connectivity index (χ1v) is 7.32. The van der Waals surface area contributed by atoms with E-state index in [1.165, 1.54) is 12.1 Å². The number of anilines is 1. The average molecular weight is 272 g/mol. The Morgan fingerprint density at radius 3 is 2.50 bits per heavy atom. The van der Waals surface area contributed by atoms with E-state index in [0.717, 1.165) is 6.07 Å². The standard InChI is InChI=1S/C11H16N2O4S/c1-3-7-18(16,17)9-5-6-10(12-4-2)11(8-9)13(14)15/h5-6,8,12H,3-4,7H2,1-2H3. The molecule has 0 radical (unpaired) electrons. The summed E-state index contributed by atoms with van der Waals surface area (Å²) in [7, 11) is -3.43. The monoisotopic (exact) mass is 272 g/mol. The zero-order chi connectivity index (χ0) is 13.8. The van der Waals surface area contributed by atoms with Crippen molar-refractivity contribution in [3.8, 4) is 0 Å². The molecule has 1 aromatic carbocycles. The second-order valence-corrected chi connectivity index (χ2v) is 5.89. The molecule has 6 nitrogen and oxygen atoms in total. The molecule has 1 aromatic rings. The maximum Gasteiger partial charge on any atom is 0.293 e. The third kappa shape index (κ3) is 3.19. The van der Waals surface area contributed by atoms with E-state index >= 15 is 0 Å². The Bertz CT molecular complexity index is 540. The van der Waals surface area contributed by atoms with E-state index in [1.54, 1.807) is 6.92 Å². The third-order valence-electron chi connectivity index (χ3n) is 2.37. The molecule has 7 heteroatoms. The molecule has 0 spiro atoms. The summed E-state index contributed by atoms with van der Waals surface area (Å²) in [4.78, 5) is 10.3. The summed E-state index contributed by atoms with van der Waals surface area (Å²) in [5.74, 6) is -0.00922. The Kier molecular flexibility index (Phi) is 4.66. The van der Waals surface area contributed by atoms with E-state index < -0.39 is 14.8 Å². The molecule has 0 saturated carbocycles. The van der Waals surface area contributed by atoms with Crippen LogP contribution in [0.3, 0.4) is 0 Å². The van der Waals surface area contributed by atoms with Crippen LogP contribution in [0.15, 0.2) is 23.1 Å². The zero-order valence-corrected chi connectivity index (χ0v) is 11.2. The van der Waals surface area contributed by atoms with Crippen molar-refractivity contribution in [3.05, 3.63) is 28.3 Å². The Labute approximate surface area is 106 Å². The van der Waals surface area contributed by atoms with E-state index in [4.69, 9.17) is 0 Å². The number of nitrogens with one attached hydrogen (secondary N) is 1. The van der Waals surface area contributed by atoms with Crippen LogP contribution < -0.4 is 5.32 Å². The average Bonchev–Trinajstić information content (AvgIpc) is 2.29. The fourth-order valence-corrected chi connectivity index (χ4v) is 2.92. The van der Waals surface area contributed by atoms with Crippen LogP contribution in [-0.2, 0) is 9.84 Å². The zero-order valence-electron chi connectivity index (χ0n) is 10.3. The van der Waals surface area contributed by atoms with Gasteiger partial charge in [-0.05, 0) is 25.5 Å². The first-order valence-electron chi connectivity index (χ1n) is 5.67. The molecule has 0 fully saturated rings. The molecule has 0 heterocycles. The topological polar surface area (TPSA) is 89.3 Å². The number of benzene rings is 1. The Morgan fingerprint density at radius 1 is 1.33 bits per heavy atom. The summed E-state index contributed by atoms with van der Waals surface area (Å²) < 4.78 is 23.7. The highest BCUT2D eigenvalue weighted by atomic mass is 32.2. The maximum atomic E-state index is 11.8. The lowest BCUT2D eigenvalue weighted by molar-refractivity contribution is -0.384. The van der Waals surface area contributed by atoms with Gasteiger partial charge in [0.05, 0.1) is 15.6 Å². The van der Waals surface area contributed by atoms with Gasteiger partial charge in [-0.15, -0.1) is 0 Å². The van der Waals surface area contributed by atoms with Crippen molar-refractivity contribution < 1.29 is 13.3 Å². The van der Waals surface area contributed by atoms with Gasteiger partial charge in [0.15, 0.2) is 9.84 Å². The number of rotatable bonds is 6. The summed E-state index contributed by atoms with van der Waals surface area (Å²) in [5.41, 5.74) is 0.118. The van der Waals surface area contributed by atoms with Crippen LogP contribution in [0.25, 0.3) is 0 Å². The van der Waals surface area contributed by atoms with Crippen LogP contribution in [0, 0.1) is 10.1 Å². The first kappa shape index (κ1) is 14.4. The molecule has 0 aliphatic carbocycles. The maximum absolute atomic E-state index is 11.8.